The summed E-state index contributed by atoms with van der Waals surface area (Å²) in [5, 5.41) is 0. The molecule has 6 nitrogen and oxygen atoms in total. The molecule has 0 bridgehead atoms. The van der Waals surface area contributed by atoms with E-state index in [-0.39, 0.29) is 11.1 Å². The summed E-state index contributed by atoms with van der Waals surface area (Å²) in [4.78, 5) is 0. The van der Waals surface area contributed by atoms with Crippen molar-refractivity contribution in [3.8, 4) is 0 Å². The second-order valence-corrected chi connectivity index (χ2v) is 27.9. The van der Waals surface area contributed by atoms with Crippen molar-refractivity contribution < 1.29 is 26.6 Å². The second kappa shape index (κ2) is 50.3. The van der Waals surface area contributed by atoms with Crippen LogP contribution < -0.4 is 0 Å². The second-order valence-electron chi connectivity index (χ2n) is 19.3. The van der Waals surface area contributed by atoms with E-state index in [4.69, 9.17) is 26.6 Å². The Morgan fingerprint density at radius 2 is 0.406 bits per heavy atom. The fourth-order valence-electron chi connectivity index (χ4n) is 8.19. The van der Waals surface area contributed by atoms with Crippen LogP contribution in [-0.2, 0) is 26.6 Å². The van der Waals surface area contributed by atoms with E-state index in [1.54, 1.807) is 0 Å². The zero-order valence-corrected chi connectivity index (χ0v) is 48.2. The lowest BCUT2D eigenvalue weighted by Crippen LogP contribution is -2.51. The maximum absolute atomic E-state index is 7.00. The molecule has 2 atom stereocenters. The smallest absolute Gasteiger partial charge is 0.373 e. The van der Waals surface area contributed by atoms with E-state index in [1.807, 2.05) is 21.6 Å². The molecule has 0 spiro atoms. The van der Waals surface area contributed by atoms with Gasteiger partial charge >= 0.3 is 17.6 Å². The molecular weight excluding hydrogens is 865 g/mol. The predicted molar refractivity (Wildman–Crippen MR) is 291 cm³/mol. The maximum atomic E-state index is 7.00. The lowest BCUT2D eigenvalue weighted by Gasteiger charge is -2.35. The number of unbranched alkanes of at least 4 members (excludes halogenated alkanes) is 30. The molecule has 0 aromatic heterocycles. The van der Waals surface area contributed by atoms with Crippen LogP contribution in [0, 0.1) is 0 Å². The molecule has 0 heterocycles. The highest BCUT2D eigenvalue weighted by molar-refractivity contribution is 8.76. The first-order valence-corrected chi connectivity index (χ1v) is 34.6. The third-order valence-corrected chi connectivity index (χ3v) is 22.5. The van der Waals surface area contributed by atoms with Gasteiger partial charge in [0.1, 0.15) is 0 Å². The van der Waals surface area contributed by atoms with Crippen molar-refractivity contribution in [1.29, 1.82) is 0 Å². The van der Waals surface area contributed by atoms with Crippen LogP contribution >= 0.6 is 21.6 Å². The molecule has 0 fully saturated rings. The molecule has 0 radical (unpaired) electrons. The van der Waals surface area contributed by atoms with Gasteiger partial charge < -0.3 is 26.6 Å². The quantitative estimate of drug-likeness (QED) is 0.0339. The van der Waals surface area contributed by atoms with Gasteiger partial charge in [-0.3, -0.25) is 0 Å². The Labute approximate surface area is 412 Å². The standard InChI is InChI=1S/C54H114O6S2Si2/c1-9-15-21-27-33-39-45-55-63(56-46-40-34-28-22-16-10-2,57-47-41-35-29-23-17-11-3)53(7)51-61-62-52-54(8)64(58-48-42-36-30-24-18-12-4,59-49-43-37-31-25-19-13-5)60-50-44-38-32-26-20-14-6/h53-54H,9-52H2,1-8H3. The van der Waals surface area contributed by atoms with Crippen LogP contribution in [0.4, 0.5) is 0 Å². The van der Waals surface area contributed by atoms with Gasteiger partial charge in [0.05, 0.1) is 0 Å². The van der Waals surface area contributed by atoms with Gasteiger partial charge in [-0.1, -0.05) is 270 Å². The minimum absolute atomic E-state index is 0.222. The monoisotopic (exact) mass is 979 g/mol. The van der Waals surface area contributed by atoms with Crippen LogP contribution in [0.25, 0.3) is 0 Å². The minimum atomic E-state index is -2.94. The molecule has 0 saturated heterocycles. The van der Waals surface area contributed by atoms with Crippen LogP contribution in [0.5, 0.6) is 0 Å². The van der Waals surface area contributed by atoms with Crippen molar-refractivity contribution in [3.05, 3.63) is 0 Å². The molecule has 0 aromatic carbocycles. The zero-order valence-electron chi connectivity index (χ0n) is 44.5. The number of hydrogen-bond donors (Lipinski definition) is 0. The summed E-state index contributed by atoms with van der Waals surface area (Å²) in [7, 11) is -1.93. The topological polar surface area (TPSA) is 55.4 Å². The highest BCUT2D eigenvalue weighted by Crippen LogP contribution is 2.39. The molecular formula is C54H114O6S2Si2. The largest absolute Gasteiger partial charge is 0.504 e. The number of rotatable bonds is 55. The predicted octanol–water partition coefficient (Wildman–Crippen LogP) is 19.3. The van der Waals surface area contributed by atoms with Gasteiger partial charge in [-0.25, -0.2) is 0 Å². The van der Waals surface area contributed by atoms with Gasteiger partial charge in [-0.05, 0) is 38.5 Å². The lowest BCUT2D eigenvalue weighted by atomic mass is 10.1. The first-order chi connectivity index (χ1) is 31.4. The Hall–Kier alpha value is 0.894. The summed E-state index contributed by atoms with van der Waals surface area (Å²) >= 11 is 0. The fourth-order valence-corrected chi connectivity index (χ4v) is 18.2. The van der Waals surface area contributed by atoms with Crippen molar-refractivity contribution in [3.63, 3.8) is 0 Å². The summed E-state index contributed by atoms with van der Waals surface area (Å²) in [6.45, 7) is 23.0. The highest BCUT2D eigenvalue weighted by atomic mass is 33.1. The molecule has 0 rings (SSSR count). The van der Waals surface area contributed by atoms with Crippen molar-refractivity contribution in [2.24, 2.45) is 0 Å². The van der Waals surface area contributed by atoms with E-state index in [2.05, 4.69) is 55.4 Å². The fraction of sp³-hybridized carbons (Fsp3) is 1.00. The Morgan fingerprint density at radius 3 is 0.578 bits per heavy atom. The van der Waals surface area contributed by atoms with Crippen molar-refractivity contribution in [2.45, 2.75) is 298 Å². The van der Waals surface area contributed by atoms with E-state index < -0.39 is 17.6 Å². The van der Waals surface area contributed by atoms with Crippen LogP contribution in [0.3, 0.4) is 0 Å². The summed E-state index contributed by atoms with van der Waals surface area (Å²) in [5.74, 6) is 1.91. The molecule has 0 saturated carbocycles. The normalized spacial score (nSPS) is 13.3. The van der Waals surface area contributed by atoms with E-state index in [0.717, 1.165) is 89.7 Å². The molecule has 0 aliphatic heterocycles. The van der Waals surface area contributed by atoms with Crippen LogP contribution in [0.2, 0.25) is 11.1 Å². The van der Waals surface area contributed by atoms with Crippen LogP contribution in [0.1, 0.15) is 287 Å². The summed E-state index contributed by atoms with van der Waals surface area (Å²) in [6, 6.07) is 0. The average molecular weight is 980 g/mol. The number of hydrogen-bond acceptors (Lipinski definition) is 8. The Bertz CT molecular complexity index is 747. The lowest BCUT2D eigenvalue weighted by molar-refractivity contribution is 0.0483. The molecule has 10 heteroatoms. The van der Waals surface area contributed by atoms with E-state index >= 15 is 0 Å². The van der Waals surface area contributed by atoms with E-state index in [9.17, 15) is 0 Å². The van der Waals surface area contributed by atoms with Crippen LogP contribution in [-0.4, -0.2) is 68.8 Å². The SMILES string of the molecule is CCCCCCCCO[Si](OCCCCCCCC)(OCCCCCCCC)C(C)CSSCC(C)[Si](OCCCCCCCC)(OCCCCCCCC)OCCCCCCCC. The molecule has 64 heavy (non-hydrogen) atoms. The summed E-state index contributed by atoms with van der Waals surface area (Å²) < 4.78 is 42.0. The third kappa shape index (κ3) is 37.7. The van der Waals surface area contributed by atoms with Crippen molar-refractivity contribution >= 4 is 39.2 Å². The van der Waals surface area contributed by atoms with Gasteiger partial charge in [0.15, 0.2) is 0 Å². The van der Waals surface area contributed by atoms with Gasteiger partial charge in [-0.15, -0.1) is 0 Å². The van der Waals surface area contributed by atoms with E-state index in [1.165, 1.54) is 193 Å². The first-order valence-electron chi connectivity index (χ1n) is 28.5. The summed E-state index contributed by atoms with van der Waals surface area (Å²) in [5.41, 5.74) is 0.443. The molecule has 0 N–H and O–H groups in total. The zero-order chi connectivity index (χ0) is 46.9. The van der Waals surface area contributed by atoms with Gasteiger partial charge in [-0.2, -0.15) is 0 Å². The maximum Gasteiger partial charge on any atom is 0.504 e. The average Bonchev–Trinajstić information content (AvgIpc) is 3.30. The molecule has 0 aromatic rings. The third-order valence-electron chi connectivity index (χ3n) is 12.7. The minimum Gasteiger partial charge on any atom is -0.373 e. The van der Waals surface area contributed by atoms with Crippen molar-refractivity contribution in [1.82, 2.24) is 0 Å². The van der Waals surface area contributed by atoms with Crippen LogP contribution in [0.15, 0.2) is 0 Å². The molecule has 386 valence electrons. The molecule has 0 aliphatic rings. The Balaban J connectivity index is 6.02. The molecule has 0 aliphatic carbocycles. The Morgan fingerprint density at radius 1 is 0.250 bits per heavy atom. The van der Waals surface area contributed by atoms with Crippen molar-refractivity contribution in [2.75, 3.05) is 51.1 Å². The first kappa shape index (κ1) is 64.9. The Kier molecular flexibility index (Phi) is 51.0. The summed E-state index contributed by atoms with van der Waals surface area (Å²) in [6.07, 6.45) is 45.3. The molecule has 2 unspecified atom stereocenters. The van der Waals surface area contributed by atoms with Gasteiger partial charge in [0, 0.05) is 62.2 Å². The van der Waals surface area contributed by atoms with Gasteiger partial charge in [0.25, 0.3) is 0 Å². The van der Waals surface area contributed by atoms with E-state index in [0.29, 0.717) is 0 Å². The molecule has 0 amide bonds. The van der Waals surface area contributed by atoms with Gasteiger partial charge in [0.2, 0.25) is 0 Å². The highest BCUT2D eigenvalue weighted by Gasteiger charge is 2.49.